The van der Waals surface area contributed by atoms with Gasteiger partial charge in [0.25, 0.3) is 0 Å². The van der Waals surface area contributed by atoms with Gasteiger partial charge in [0.15, 0.2) is 12.4 Å². The van der Waals surface area contributed by atoms with Crippen LogP contribution in [0.4, 0.5) is 13.2 Å². The van der Waals surface area contributed by atoms with Crippen LogP contribution in [-0.4, -0.2) is 23.6 Å². The van der Waals surface area contributed by atoms with E-state index in [4.69, 9.17) is 9.47 Å². The van der Waals surface area contributed by atoms with Gasteiger partial charge in [-0.2, -0.15) is 13.2 Å². The second-order valence-corrected chi connectivity index (χ2v) is 4.39. The quantitative estimate of drug-likeness (QED) is 0.783. The van der Waals surface area contributed by atoms with E-state index in [1.165, 1.54) is 31.3 Å². The summed E-state index contributed by atoms with van der Waals surface area (Å²) in [5, 5.41) is 0. The highest BCUT2D eigenvalue weighted by Crippen LogP contribution is 2.29. The molecule has 0 aliphatic rings. The van der Waals surface area contributed by atoms with Crippen molar-refractivity contribution in [2.24, 2.45) is 0 Å². The third-order valence-corrected chi connectivity index (χ3v) is 2.58. The Morgan fingerprint density at radius 3 is 2.59 bits per heavy atom. The minimum Gasteiger partial charge on any atom is -0.483 e. The first-order valence-corrected chi connectivity index (χ1v) is 6.28. The number of carbonyl (C=O) groups is 1. The van der Waals surface area contributed by atoms with Crippen molar-refractivity contribution < 1.29 is 27.4 Å². The summed E-state index contributed by atoms with van der Waals surface area (Å²) in [6, 6.07) is 9.04. The topological polar surface area (TPSA) is 48.4 Å². The minimum atomic E-state index is -4.49. The van der Waals surface area contributed by atoms with Gasteiger partial charge in [0, 0.05) is 18.3 Å². The van der Waals surface area contributed by atoms with E-state index in [0.29, 0.717) is 0 Å². The summed E-state index contributed by atoms with van der Waals surface area (Å²) in [5.41, 5.74) is 0.0534. The highest BCUT2D eigenvalue weighted by molar-refractivity contribution is 5.97. The Hall–Kier alpha value is -2.57. The summed E-state index contributed by atoms with van der Waals surface area (Å²) >= 11 is 0. The minimum absolute atomic E-state index is 0.0534. The third-order valence-electron chi connectivity index (χ3n) is 2.58. The lowest BCUT2D eigenvalue weighted by atomic mass is 10.1. The van der Waals surface area contributed by atoms with Gasteiger partial charge in [0.2, 0.25) is 5.88 Å². The molecule has 22 heavy (non-hydrogen) atoms. The summed E-state index contributed by atoms with van der Waals surface area (Å²) in [5.74, 6) is -0.0828. The molecule has 0 fully saturated rings. The number of benzene rings is 1. The van der Waals surface area contributed by atoms with Crippen molar-refractivity contribution >= 4 is 5.78 Å². The number of alkyl halides is 3. The van der Waals surface area contributed by atoms with Crippen LogP contribution in [0.25, 0.3) is 0 Å². The number of ketones is 1. The SMILES string of the molecule is CC(=O)c1ccc(Oc2ccccn2)cc1OCC(F)(F)F. The van der Waals surface area contributed by atoms with Crippen LogP contribution in [0, 0.1) is 0 Å². The van der Waals surface area contributed by atoms with Crippen LogP contribution in [-0.2, 0) is 0 Å². The maximum absolute atomic E-state index is 12.3. The number of halogens is 3. The van der Waals surface area contributed by atoms with E-state index in [2.05, 4.69) is 4.98 Å². The molecule has 1 aromatic heterocycles. The molecule has 0 N–H and O–H groups in total. The summed E-state index contributed by atoms with van der Waals surface area (Å²) < 4.78 is 46.9. The van der Waals surface area contributed by atoms with Gasteiger partial charge < -0.3 is 9.47 Å². The number of carbonyl (C=O) groups excluding carboxylic acids is 1. The molecule has 0 spiro atoms. The Morgan fingerprint density at radius 1 is 1.23 bits per heavy atom. The average Bonchev–Trinajstić information content (AvgIpc) is 2.45. The Balaban J connectivity index is 2.24. The van der Waals surface area contributed by atoms with Gasteiger partial charge in [-0.1, -0.05) is 6.07 Å². The van der Waals surface area contributed by atoms with Crippen molar-refractivity contribution in [3.8, 4) is 17.4 Å². The van der Waals surface area contributed by atoms with Crippen LogP contribution in [0.3, 0.4) is 0 Å². The Bertz CT molecular complexity index is 657. The van der Waals surface area contributed by atoms with Crippen molar-refractivity contribution in [1.82, 2.24) is 4.98 Å². The van der Waals surface area contributed by atoms with Crippen LogP contribution in [0.2, 0.25) is 0 Å². The Morgan fingerprint density at radius 2 is 2.00 bits per heavy atom. The van der Waals surface area contributed by atoms with E-state index in [1.54, 1.807) is 18.2 Å². The second kappa shape index (κ2) is 6.46. The second-order valence-electron chi connectivity index (χ2n) is 4.39. The molecule has 0 bridgehead atoms. The van der Waals surface area contributed by atoms with Gasteiger partial charge in [0.1, 0.15) is 11.5 Å². The van der Waals surface area contributed by atoms with Crippen molar-refractivity contribution in [3.05, 3.63) is 48.2 Å². The number of hydrogen-bond donors (Lipinski definition) is 0. The van der Waals surface area contributed by atoms with Crippen LogP contribution < -0.4 is 9.47 Å². The summed E-state index contributed by atoms with van der Waals surface area (Å²) in [7, 11) is 0. The van der Waals surface area contributed by atoms with Crippen molar-refractivity contribution in [2.75, 3.05) is 6.61 Å². The molecule has 2 aromatic rings. The van der Waals surface area contributed by atoms with Crippen molar-refractivity contribution in [2.45, 2.75) is 13.1 Å². The van der Waals surface area contributed by atoms with E-state index in [-0.39, 0.29) is 22.9 Å². The Kier molecular flexibility index (Phi) is 4.65. The van der Waals surface area contributed by atoms with Crippen LogP contribution >= 0.6 is 0 Å². The molecule has 1 aromatic carbocycles. The summed E-state index contributed by atoms with van der Waals surface area (Å²) in [6.07, 6.45) is -2.98. The molecule has 0 amide bonds. The lowest BCUT2D eigenvalue weighted by Crippen LogP contribution is -2.20. The average molecular weight is 311 g/mol. The van der Waals surface area contributed by atoms with E-state index >= 15 is 0 Å². The smallest absolute Gasteiger partial charge is 0.422 e. The summed E-state index contributed by atoms with van der Waals surface area (Å²) in [6.45, 7) is -0.241. The highest BCUT2D eigenvalue weighted by atomic mass is 19.4. The molecular formula is C15H12F3NO3. The van der Waals surface area contributed by atoms with Crippen molar-refractivity contribution in [1.29, 1.82) is 0 Å². The fraction of sp³-hybridized carbons (Fsp3) is 0.200. The fourth-order valence-corrected chi connectivity index (χ4v) is 1.66. The molecule has 0 atom stereocenters. The number of hydrogen-bond acceptors (Lipinski definition) is 4. The highest BCUT2D eigenvalue weighted by Gasteiger charge is 2.29. The van der Waals surface area contributed by atoms with Gasteiger partial charge in [-0.25, -0.2) is 4.98 Å². The van der Waals surface area contributed by atoms with Gasteiger partial charge in [0.05, 0.1) is 5.56 Å². The lowest BCUT2D eigenvalue weighted by molar-refractivity contribution is -0.153. The molecule has 0 saturated heterocycles. The van der Waals surface area contributed by atoms with E-state index in [0.717, 1.165) is 0 Å². The van der Waals surface area contributed by atoms with Gasteiger partial charge >= 0.3 is 6.18 Å². The molecule has 116 valence electrons. The Labute approximate surface area is 124 Å². The molecule has 2 rings (SSSR count). The van der Waals surface area contributed by atoms with Crippen LogP contribution in [0.15, 0.2) is 42.6 Å². The molecule has 0 aliphatic heterocycles. The van der Waals surface area contributed by atoms with Gasteiger partial charge in [-0.05, 0) is 25.1 Å². The number of rotatable bonds is 5. The number of ether oxygens (including phenoxy) is 2. The zero-order valence-electron chi connectivity index (χ0n) is 11.6. The first-order valence-electron chi connectivity index (χ1n) is 6.28. The summed E-state index contributed by atoms with van der Waals surface area (Å²) in [4.78, 5) is 15.4. The predicted octanol–water partition coefficient (Wildman–Crippen LogP) is 4.02. The first kappa shape index (κ1) is 15.8. The van der Waals surface area contributed by atoms with E-state index < -0.39 is 18.6 Å². The molecule has 7 heteroatoms. The molecule has 0 aliphatic carbocycles. The van der Waals surface area contributed by atoms with E-state index in [9.17, 15) is 18.0 Å². The largest absolute Gasteiger partial charge is 0.483 e. The van der Waals surface area contributed by atoms with Crippen LogP contribution in [0.1, 0.15) is 17.3 Å². The lowest BCUT2D eigenvalue weighted by Gasteiger charge is -2.13. The van der Waals surface area contributed by atoms with E-state index in [1.807, 2.05) is 0 Å². The number of Topliss-reactive ketones (excluding diaryl/α,β-unsaturated/α-hetero) is 1. The fourth-order valence-electron chi connectivity index (χ4n) is 1.66. The van der Waals surface area contributed by atoms with Crippen LogP contribution in [0.5, 0.6) is 17.4 Å². The maximum Gasteiger partial charge on any atom is 0.422 e. The first-order chi connectivity index (χ1) is 10.3. The number of pyridine rings is 1. The molecule has 4 nitrogen and oxygen atoms in total. The maximum atomic E-state index is 12.3. The molecule has 0 unspecified atom stereocenters. The van der Waals surface area contributed by atoms with Gasteiger partial charge in [-0.15, -0.1) is 0 Å². The molecule has 0 saturated carbocycles. The number of nitrogens with zero attached hydrogens (tertiary/aromatic N) is 1. The van der Waals surface area contributed by atoms with Crippen molar-refractivity contribution in [3.63, 3.8) is 0 Å². The normalized spacial score (nSPS) is 11.1. The monoisotopic (exact) mass is 311 g/mol. The number of aromatic nitrogens is 1. The third kappa shape index (κ3) is 4.47. The zero-order chi connectivity index (χ0) is 16.2. The molecule has 0 radical (unpaired) electrons. The zero-order valence-corrected chi connectivity index (χ0v) is 11.6. The predicted molar refractivity (Wildman–Crippen MR) is 72.3 cm³/mol. The molecular weight excluding hydrogens is 299 g/mol. The standard InChI is InChI=1S/C15H12F3NO3/c1-10(20)12-6-5-11(22-14-4-2-3-7-19-14)8-13(12)21-9-15(16,17)18/h2-8H,9H2,1H3. The molecule has 1 heterocycles. The van der Waals surface area contributed by atoms with Gasteiger partial charge in [-0.3, -0.25) is 4.79 Å².